The number of hydrogen-bond acceptors (Lipinski definition) is 3. The smallest absolute Gasteiger partial charge is 0.413 e. The van der Waals surface area contributed by atoms with Crippen LogP contribution < -0.4 is 5.32 Å². The van der Waals surface area contributed by atoms with Crippen molar-refractivity contribution in [1.29, 1.82) is 0 Å². The van der Waals surface area contributed by atoms with E-state index in [9.17, 15) is 4.79 Å². The van der Waals surface area contributed by atoms with Gasteiger partial charge in [0.15, 0.2) is 5.82 Å². The summed E-state index contributed by atoms with van der Waals surface area (Å²) in [6.45, 7) is 0.189. The number of anilines is 1. The van der Waals surface area contributed by atoms with E-state index in [0.29, 0.717) is 19.8 Å². The number of nitrogens with zero attached hydrogens (tertiary/aromatic N) is 1. The van der Waals surface area contributed by atoms with Crippen molar-refractivity contribution < 1.29 is 9.53 Å². The highest BCUT2D eigenvalue weighted by atomic mass is 79.9. The zero-order valence-electron chi connectivity index (χ0n) is 10.1. The predicted molar refractivity (Wildman–Crippen MR) is 84.9 cm³/mol. The van der Waals surface area contributed by atoms with Crippen molar-refractivity contribution in [2.45, 2.75) is 6.61 Å². The lowest BCUT2D eigenvalue weighted by atomic mass is 10.2. The first-order valence-electron chi connectivity index (χ1n) is 5.55. The van der Waals surface area contributed by atoms with Crippen LogP contribution in [-0.2, 0) is 11.3 Å². The minimum atomic E-state index is -0.597. The van der Waals surface area contributed by atoms with Crippen molar-refractivity contribution in [3.63, 3.8) is 0 Å². The molecule has 0 atom stereocenters. The van der Waals surface area contributed by atoms with Crippen LogP contribution in [0.5, 0.6) is 0 Å². The van der Waals surface area contributed by atoms with E-state index in [1.165, 1.54) is 6.20 Å². The highest BCUT2D eigenvalue weighted by Gasteiger charge is 2.12. The molecule has 1 aromatic heterocycles. The number of halogens is 3. The van der Waals surface area contributed by atoms with Crippen LogP contribution in [0.4, 0.5) is 10.6 Å². The maximum atomic E-state index is 11.7. The fourth-order valence-corrected chi connectivity index (χ4v) is 2.51. The number of carbonyl (C=O) groups excluding carboxylic acids is 1. The topological polar surface area (TPSA) is 51.2 Å². The minimum absolute atomic E-state index is 0.189. The molecule has 2 rings (SSSR count). The number of benzene rings is 1. The Labute approximate surface area is 137 Å². The summed E-state index contributed by atoms with van der Waals surface area (Å²) in [5, 5.41) is 2.95. The van der Waals surface area contributed by atoms with Crippen LogP contribution in [0.3, 0.4) is 0 Å². The van der Waals surface area contributed by atoms with E-state index in [1.807, 2.05) is 30.3 Å². The van der Waals surface area contributed by atoms with E-state index in [-0.39, 0.29) is 6.61 Å². The van der Waals surface area contributed by atoms with Gasteiger partial charge in [-0.15, -0.1) is 0 Å². The molecule has 4 nitrogen and oxygen atoms in total. The Bertz CT molecular complexity index is 623. The lowest BCUT2D eigenvalue weighted by Gasteiger charge is -2.09. The molecule has 0 aliphatic rings. The first-order chi connectivity index (χ1) is 9.58. The Morgan fingerprint density at radius 1 is 1.30 bits per heavy atom. The second-order valence-electron chi connectivity index (χ2n) is 3.77. The number of carbonyl (C=O) groups is 1. The van der Waals surface area contributed by atoms with Crippen molar-refractivity contribution in [3.8, 4) is 0 Å². The van der Waals surface area contributed by atoms with E-state index in [0.717, 1.165) is 5.56 Å². The average Bonchev–Trinajstić information content (AvgIpc) is 2.47. The molecule has 7 heteroatoms. The molecule has 0 aliphatic carbocycles. The summed E-state index contributed by atoms with van der Waals surface area (Å²) in [5.41, 5.74) is 0.906. The van der Waals surface area contributed by atoms with Crippen LogP contribution in [0.25, 0.3) is 0 Å². The van der Waals surface area contributed by atoms with Crippen LogP contribution in [0.15, 0.2) is 45.5 Å². The van der Waals surface area contributed by atoms with E-state index in [1.54, 1.807) is 0 Å². The van der Waals surface area contributed by atoms with Crippen molar-refractivity contribution in [3.05, 3.63) is 56.1 Å². The maximum absolute atomic E-state index is 11.7. The van der Waals surface area contributed by atoms with Gasteiger partial charge < -0.3 is 4.74 Å². The van der Waals surface area contributed by atoms with E-state index in [2.05, 4.69) is 42.2 Å². The molecule has 0 unspecified atom stereocenters. The maximum Gasteiger partial charge on any atom is 0.413 e. The fraction of sp³-hybridized carbons (Fsp3) is 0.0769. The molecular weight excluding hydrogens is 411 g/mol. The summed E-state index contributed by atoms with van der Waals surface area (Å²) in [4.78, 5) is 15.7. The lowest BCUT2D eigenvalue weighted by molar-refractivity contribution is 0.155. The van der Waals surface area contributed by atoms with Crippen LogP contribution in [-0.4, -0.2) is 11.1 Å². The molecule has 0 saturated heterocycles. The Balaban J connectivity index is 1.97. The second-order valence-corrected chi connectivity index (χ2v) is 5.79. The zero-order valence-corrected chi connectivity index (χ0v) is 14.0. The number of nitrogens with one attached hydrogen (secondary N) is 1. The van der Waals surface area contributed by atoms with E-state index >= 15 is 0 Å². The average molecular weight is 420 g/mol. The van der Waals surface area contributed by atoms with Gasteiger partial charge >= 0.3 is 6.09 Å². The molecule has 1 aromatic carbocycles. The molecule has 0 aliphatic heterocycles. The van der Waals surface area contributed by atoms with Crippen LogP contribution >= 0.6 is 43.5 Å². The number of ether oxygens (including phenoxy) is 1. The number of pyridine rings is 1. The first-order valence-corrected chi connectivity index (χ1v) is 7.51. The van der Waals surface area contributed by atoms with Gasteiger partial charge in [0.25, 0.3) is 0 Å². The highest BCUT2D eigenvalue weighted by molar-refractivity contribution is 9.11. The van der Waals surface area contributed by atoms with Crippen LogP contribution in [0.1, 0.15) is 5.56 Å². The van der Waals surface area contributed by atoms with Crippen molar-refractivity contribution in [1.82, 2.24) is 4.98 Å². The lowest BCUT2D eigenvalue weighted by Crippen LogP contribution is -2.15. The normalized spacial score (nSPS) is 10.2. The van der Waals surface area contributed by atoms with Gasteiger partial charge in [0.1, 0.15) is 6.61 Å². The molecule has 0 radical (unpaired) electrons. The third kappa shape index (κ3) is 3.94. The van der Waals surface area contributed by atoms with Crippen LogP contribution in [0.2, 0.25) is 5.02 Å². The standard InChI is InChI=1S/C13H9Br2ClN2O2/c14-9-6-17-12(10(15)11(9)16)18-13(19)20-7-8-4-2-1-3-5-8/h1-6H,7H2,(H,17,18,19). The monoisotopic (exact) mass is 418 g/mol. The van der Waals surface area contributed by atoms with Gasteiger partial charge in [-0.25, -0.2) is 9.78 Å². The Morgan fingerprint density at radius 3 is 2.70 bits per heavy atom. The fourth-order valence-electron chi connectivity index (χ4n) is 1.39. The quantitative estimate of drug-likeness (QED) is 0.760. The third-order valence-corrected chi connectivity index (χ3v) is 4.57. The summed E-state index contributed by atoms with van der Waals surface area (Å²) in [7, 11) is 0. The Kier molecular flexibility index (Phi) is 5.39. The molecule has 1 heterocycles. The molecule has 2 aromatic rings. The molecule has 104 valence electrons. The van der Waals surface area contributed by atoms with Crippen molar-refractivity contribution >= 4 is 55.4 Å². The summed E-state index contributed by atoms with van der Waals surface area (Å²) in [6.07, 6.45) is 0.903. The molecule has 0 spiro atoms. The van der Waals surface area contributed by atoms with Gasteiger partial charge in [0, 0.05) is 6.20 Å². The summed E-state index contributed by atoms with van der Waals surface area (Å²) in [5.74, 6) is 0.302. The molecule has 0 bridgehead atoms. The van der Waals surface area contributed by atoms with E-state index in [4.69, 9.17) is 16.3 Å². The van der Waals surface area contributed by atoms with Gasteiger partial charge in [-0.1, -0.05) is 41.9 Å². The number of rotatable bonds is 3. The van der Waals surface area contributed by atoms with Gasteiger partial charge in [0.05, 0.1) is 14.0 Å². The molecule has 20 heavy (non-hydrogen) atoms. The Hall–Kier alpha value is -1.11. The SMILES string of the molecule is O=C(Nc1ncc(Br)c(Cl)c1Br)OCc1ccccc1. The predicted octanol–water partition coefficient (Wildman–Crippen LogP) is 5.01. The number of hydrogen-bond donors (Lipinski definition) is 1. The molecule has 1 N–H and O–H groups in total. The first kappa shape index (κ1) is 15.3. The Morgan fingerprint density at radius 2 is 2.00 bits per heavy atom. The largest absolute Gasteiger partial charge is 0.444 e. The second kappa shape index (κ2) is 7.06. The van der Waals surface area contributed by atoms with Gasteiger partial charge in [0.2, 0.25) is 0 Å². The van der Waals surface area contributed by atoms with Gasteiger partial charge in [-0.2, -0.15) is 0 Å². The third-order valence-electron chi connectivity index (χ3n) is 2.35. The van der Waals surface area contributed by atoms with E-state index < -0.39 is 6.09 Å². The van der Waals surface area contributed by atoms with Crippen molar-refractivity contribution in [2.75, 3.05) is 5.32 Å². The zero-order chi connectivity index (χ0) is 14.5. The molecule has 1 amide bonds. The number of amides is 1. The minimum Gasteiger partial charge on any atom is -0.444 e. The van der Waals surface area contributed by atoms with Crippen molar-refractivity contribution in [2.24, 2.45) is 0 Å². The van der Waals surface area contributed by atoms with Crippen LogP contribution in [0, 0.1) is 0 Å². The highest BCUT2D eigenvalue weighted by Crippen LogP contribution is 2.34. The van der Waals surface area contributed by atoms with Gasteiger partial charge in [-0.05, 0) is 37.4 Å². The summed E-state index contributed by atoms with van der Waals surface area (Å²) in [6, 6.07) is 9.40. The summed E-state index contributed by atoms with van der Waals surface area (Å²) >= 11 is 12.5. The molecular formula is C13H9Br2ClN2O2. The number of aromatic nitrogens is 1. The van der Waals surface area contributed by atoms with Gasteiger partial charge in [-0.3, -0.25) is 5.32 Å². The molecule has 0 saturated carbocycles. The summed E-state index contributed by atoms with van der Waals surface area (Å²) < 4.78 is 6.22. The molecule has 0 fully saturated rings.